The van der Waals surface area contributed by atoms with Gasteiger partial charge in [-0.2, -0.15) is 0 Å². The number of nitrogens with one attached hydrogen (secondary N) is 1. The summed E-state index contributed by atoms with van der Waals surface area (Å²) in [6, 6.07) is 6.13. The fraction of sp³-hybridized carbons (Fsp3) is 0.154. The average molecular weight is 234 g/mol. The van der Waals surface area contributed by atoms with Gasteiger partial charge in [0.2, 0.25) is 0 Å². The lowest BCUT2D eigenvalue weighted by Crippen LogP contribution is -2.07. The second-order valence-electron chi connectivity index (χ2n) is 3.69. The molecule has 4 heteroatoms. The van der Waals surface area contributed by atoms with Gasteiger partial charge in [-0.3, -0.25) is 4.98 Å². The fourth-order valence-corrected chi connectivity index (χ4v) is 1.68. The smallest absolute Gasteiger partial charge is 0.149 e. The highest BCUT2D eigenvalue weighted by Gasteiger charge is 2.08. The van der Waals surface area contributed by atoms with Crippen molar-refractivity contribution in [1.29, 1.82) is 0 Å². The quantitative estimate of drug-likeness (QED) is 0.883. The molecule has 1 heterocycles. The SMILES string of the molecule is CNCc1cc(-c2ccncc2F)ccc1F. The van der Waals surface area contributed by atoms with Gasteiger partial charge in [-0.05, 0) is 30.8 Å². The molecule has 1 aromatic carbocycles. The molecule has 0 aliphatic carbocycles. The van der Waals surface area contributed by atoms with Crippen molar-refractivity contribution in [3.05, 3.63) is 53.9 Å². The van der Waals surface area contributed by atoms with Crippen molar-refractivity contribution in [3.63, 3.8) is 0 Å². The number of halogens is 2. The van der Waals surface area contributed by atoms with E-state index in [1.165, 1.54) is 12.3 Å². The lowest BCUT2D eigenvalue weighted by Gasteiger charge is -2.07. The third kappa shape index (κ3) is 2.47. The van der Waals surface area contributed by atoms with Crippen LogP contribution in [0, 0.1) is 11.6 Å². The predicted octanol–water partition coefficient (Wildman–Crippen LogP) is 2.75. The first-order chi connectivity index (χ1) is 8.22. The third-order valence-corrected chi connectivity index (χ3v) is 2.50. The number of rotatable bonds is 3. The van der Waals surface area contributed by atoms with Crippen LogP contribution < -0.4 is 5.32 Å². The van der Waals surface area contributed by atoms with Crippen molar-refractivity contribution in [2.45, 2.75) is 6.54 Å². The highest BCUT2D eigenvalue weighted by Crippen LogP contribution is 2.24. The van der Waals surface area contributed by atoms with Gasteiger partial charge in [0.1, 0.15) is 11.6 Å². The number of nitrogens with zero attached hydrogens (tertiary/aromatic N) is 1. The standard InChI is InChI=1S/C13H12F2N2/c1-16-7-10-6-9(2-3-12(10)14)11-4-5-17-8-13(11)15/h2-6,8,16H,7H2,1H3. The van der Waals surface area contributed by atoms with Gasteiger partial charge in [0.15, 0.2) is 0 Å². The van der Waals surface area contributed by atoms with E-state index in [9.17, 15) is 8.78 Å². The van der Waals surface area contributed by atoms with Crippen molar-refractivity contribution in [2.24, 2.45) is 0 Å². The van der Waals surface area contributed by atoms with Crippen molar-refractivity contribution < 1.29 is 8.78 Å². The van der Waals surface area contributed by atoms with Gasteiger partial charge in [0.25, 0.3) is 0 Å². The van der Waals surface area contributed by atoms with E-state index >= 15 is 0 Å². The van der Waals surface area contributed by atoms with Crippen molar-refractivity contribution in [2.75, 3.05) is 7.05 Å². The van der Waals surface area contributed by atoms with Crippen LogP contribution in [0.25, 0.3) is 11.1 Å². The summed E-state index contributed by atoms with van der Waals surface area (Å²) in [6.07, 6.45) is 2.66. The van der Waals surface area contributed by atoms with Gasteiger partial charge in [0.05, 0.1) is 6.20 Å². The van der Waals surface area contributed by atoms with Crippen LogP contribution in [0.1, 0.15) is 5.56 Å². The Morgan fingerprint density at radius 1 is 1.18 bits per heavy atom. The maximum absolute atomic E-state index is 13.5. The van der Waals surface area contributed by atoms with Crippen LogP contribution in [-0.2, 0) is 6.54 Å². The molecule has 0 atom stereocenters. The number of pyridine rings is 1. The second kappa shape index (κ2) is 5.01. The minimum atomic E-state index is -0.408. The van der Waals surface area contributed by atoms with E-state index in [-0.39, 0.29) is 5.82 Å². The maximum Gasteiger partial charge on any atom is 0.149 e. The zero-order chi connectivity index (χ0) is 12.3. The monoisotopic (exact) mass is 234 g/mol. The zero-order valence-corrected chi connectivity index (χ0v) is 9.37. The van der Waals surface area contributed by atoms with Crippen LogP contribution in [-0.4, -0.2) is 12.0 Å². The summed E-state index contributed by atoms with van der Waals surface area (Å²) in [5.74, 6) is -0.702. The van der Waals surface area contributed by atoms with Gasteiger partial charge < -0.3 is 5.32 Å². The minimum absolute atomic E-state index is 0.294. The molecule has 0 saturated heterocycles. The molecule has 2 rings (SSSR count). The Balaban J connectivity index is 2.46. The number of benzene rings is 1. The van der Waals surface area contributed by atoms with Crippen LogP contribution in [0.2, 0.25) is 0 Å². The topological polar surface area (TPSA) is 24.9 Å². The summed E-state index contributed by atoms with van der Waals surface area (Å²) < 4.78 is 26.9. The third-order valence-electron chi connectivity index (χ3n) is 2.50. The van der Waals surface area contributed by atoms with Gasteiger partial charge in [-0.25, -0.2) is 8.78 Å². The molecule has 1 aromatic heterocycles. The second-order valence-corrected chi connectivity index (χ2v) is 3.69. The molecule has 1 N–H and O–H groups in total. The van der Waals surface area contributed by atoms with Crippen LogP contribution >= 0.6 is 0 Å². The summed E-state index contributed by atoms with van der Waals surface area (Å²) in [7, 11) is 1.74. The van der Waals surface area contributed by atoms with Crippen molar-refractivity contribution in [1.82, 2.24) is 10.3 Å². The Morgan fingerprint density at radius 2 is 2.00 bits per heavy atom. The first-order valence-corrected chi connectivity index (χ1v) is 5.25. The lowest BCUT2D eigenvalue weighted by molar-refractivity contribution is 0.600. The maximum atomic E-state index is 13.5. The molecule has 0 aliphatic rings. The van der Waals surface area contributed by atoms with Gasteiger partial charge in [-0.1, -0.05) is 6.07 Å². The first kappa shape index (κ1) is 11.7. The van der Waals surface area contributed by atoms with Crippen LogP contribution in [0.4, 0.5) is 8.78 Å². The molecule has 0 spiro atoms. The first-order valence-electron chi connectivity index (χ1n) is 5.25. The van der Waals surface area contributed by atoms with E-state index in [0.29, 0.717) is 23.2 Å². The minimum Gasteiger partial charge on any atom is -0.316 e. The van der Waals surface area contributed by atoms with E-state index in [4.69, 9.17) is 0 Å². The Hall–Kier alpha value is -1.81. The molecular weight excluding hydrogens is 222 g/mol. The number of aromatic nitrogens is 1. The van der Waals surface area contributed by atoms with Gasteiger partial charge in [-0.15, -0.1) is 0 Å². The van der Waals surface area contributed by atoms with E-state index in [1.807, 2.05) is 0 Å². The molecule has 2 aromatic rings. The molecule has 0 aliphatic heterocycles. The van der Waals surface area contributed by atoms with Crippen molar-refractivity contribution >= 4 is 0 Å². The predicted molar refractivity (Wildman–Crippen MR) is 62.4 cm³/mol. The molecule has 0 saturated carbocycles. The molecule has 2 nitrogen and oxygen atoms in total. The van der Waals surface area contributed by atoms with E-state index < -0.39 is 5.82 Å². The van der Waals surface area contributed by atoms with Crippen LogP contribution in [0.15, 0.2) is 36.7 Å². The zero-order valence-electron chi connectivity index (χ0n) is 9.37. The Bertz CT molecular complexity index is 527. The molecule has 0 unspecified atom stereocenters. The molecule has 0 bridgehead atoms. The van der Waals surface area contributed by atoms with Gasteiger partial charge in [0, 0.05) is 23.9 Å². The van der Waals surface area contributed by atoms with E-state index in [0.717, 1.165) is 6.20 Å². The molecule has 0 radical (unpaired) electrons. The van der Waals surface area contributed by atoms with E-state index in [1.54, 1.807) is 25.2 Å². The summed E-state index contributed by atoms with van der Waals surface area (Å²) >= 11 is 0. The van der Waals surface area contributed by atoms with Crippen molar-refractivity contribution in [3.8, 4) is 11.1 Å². The number of hydrogen-bond donors (Lipinski definition) is 1. The Morgan fingerprint density at radius 3 is 2.71 bits per heavy atom. The Kier molecular flexibility index (Phi) is 3.44. The van der Waals surface area contributed by atoms with Gasteiger partial charge >= 0.3 is 0 Å². The molecule has 0 amide bonds. The van der Waals surface area contributed by atoms with E-state index in [2.05, 4.69) is 10.3 Å². The normalized spacial score (nSPS) is 10.5. The highest BCUT2D eigenvalue weighted by molar-refractivity contribution is 5.64. The lowest BCUT2D eigenvalue weighted by atomic mass is 10.0. The highest BCUT2D eigenvalue weighted by atomic mass is 19.1. The van der Waals surface area contributed by atoms with Crippen LogP contribution in [0.3, 0.4) is 0 Å². The molecule has 17 heavy (non-hydrogen) atoms. The molecule has 0 fully saturated rings. The average Bonchev–Trinajstić information content (AvgIpc) is 2.33. The van der Waals surface area contributed by atoms with Crippen LogP contribution in [0.5, 0.6) is 0 Å². The number of hydrogen-bond acceptors (Lipinski definition) is 2. The fourth-order valence-electron chi connectivity index (χ4n) is 1.68. The largest absolute Gasteiger partial charge is 0.316 e. The summed E-state index contributed by atoms with van der Waals surface area (Å²) in [4.78, 5) is 3.69. The summed E-state index contributed by atoms with van der Waals surface area (Å²) in [5, 5.41) is 2.87. The molecular formula is C13H12F2N2. The summed E-state index contributed by atoms with van der Waals surface area (Å²) in [5.41, 5.74) is 1.59. The molecule has 88 valence electrons. The summed E-state index contributed by atoms with van der Waals surface area (Å²) in [6.45, 7) is 0.409. The Labute approximate surface area is 98.3 Å².